The fourth-order valence-electron chi connectivity index (χ4n) is 4.92. The number of hydrogen-bond donors (Lipinski definition) is 1. The lowest BCUT2D eigenvalue weighted by Gasteiger charge is -2.11. The molecule has 1 saturated carbocycles. The summed E-state index contributed by atoms with van der Waals surface area (Å²) in [6.07, 6.45) is 4.85. The Hall–Kier alpha value is -3.97. The topological polar surface area (TPSA) is 103 Å². The van der Waals surface area contributed by atoms with E-state index in [2.05, 4.69) is 10.1 Å². The average Bonchev–Trinajstić information content (AvgIpc) is 3.67. The number of ketones is 1. The lowest BCUT2D eigenvalue weighted by molar-refractivity contribution is 0.0697. The minimum absolute atomic E-state index is 0.0909. The van der Waals surface area contributed by atoms with E-state index in [0.29, 0.717) is 46.5 Å². The zero-order valence-electron chi connectivity index (χ0n) is 20.1. The molecule has 2 aromatic carbocycles. The Morgan fingerprint density at radius 1 is 1.14 bits per heavy atom. The van der Waals surface area contributed by atoms with Crippen LogP contribution in [0.15, 0.2) is 53.2 Å². The lowest BCUT2D eigenvalue weighted by atomic mass is 9.98. The zero-order chi connectivity index (χ0) is 25.7. The van der Waals surface area contributed by atoms with Crippen molar-refractivity contribution >= 4 is 23.4 Å². The number of aryl methyl sites for hydroxylation is 3. The third-order valence-electron chi connectivity index (χ3n) is 7.06. The number of carbonyl (C=O) groups is 2. The summed E-state index contributed by atoms with van der Waals surface area (Å²) in [5.74, 6) is 0.260. The fraction of sp³-hybridized carbons (Fsp3) is 0.241. The number of ether oxygens (including phenoxy) is 1. The van der Waals surface area contributed by atoms with E-state index in [1.54, 1.807) is 12.1 Å². The summed E-state index contributed by atoms with van der Waals surface area (Å²) < 4.78 is 11.9. The van der Waals surface area contributed by atoms with Crippen molar-refractivity contribution in [2.75, 3.05) is 0 Å². The highest BCUT2D eigenvalue weighted by Gasteiger charge is 2.33. The second-order valence-corrected chi connectivity index (χ2v) is 9.96. The standard InChI is InChI=1S/C29H23ClN2O5/c1-15-3-2-4-23(30)25(15)26-22(28(37-32-26)17-7-8-17)14-36-24-12-18-9-5-16-6-10-19(29(34)35)11-20(16)27(33)21(18)13-31-24/h2-4,6,10-13,17H,5,7-9,14H2,1H3,(H,34,35). The minimum atomic E-state index is -1.06. The Kier molecular flexibility index (Phi) is 5.80. The van der Waals surface area contributed by atoms with Crippen molar-refractivity contribution in [2.45, 2.75) is 45.1 Å². The van der Waals surface area contributed by atoms with Crippen molar-refractivity contribution in [3.8, 4) is 17.1 Å². The molecule has 0 spiro atoms. The van der Waals surface area contributed by atoms with Gasteiger partial charge in [-0.3, -0.25) is 4.79 Å². The average molecular weight is 515 g/mol. The quantitative estimate of drug-likeness (QED) is 0.327. The Balaban J connectivity index is 1.30. The predicted octanol–water partition coefficient (Wildman–Crippen LogP) is 6.18. The van der Waals surface area contributed by atoms with Gasteiger partial charge in [0, 0.05) is 34.9 Å². The van der Waals surface area contributed by atoms with Crippen molar-refractivity contribution < 1.29 is 24.0 Å². The van der Waals surface area contributed by atoms with E-state index >= 15 is 0 Å². The summed E-state index contributed by atoms with van der Waals surface area (Å²) in [7, 11) is 0. The van der Waals surface area contributed by atoms with Gasteiger partial charge in [0.2, 0.25) is 5.88 Å². The molecule has 8 heteroatoms. The van der Waals surface area contributed by atoms with E-state index in [4.69, 9.17) is 20.9 Å². The number of halogens is 1. The number of hydrogen-bond acceptors (Lipinski definition) is 6. The number of aromatic carboxylic acids is 1. The number of carboxylic acid groups (broad SMARTS) is 1. The van der Waals surface area contributed by atoms with Crippen molar-refractivity contribution in [3.05, 3.63) is 98.4 Å². The highest BCUT2D eigenvalue weighted by molar-refractivity contribution is 6.33. The van der Waals surface area contributed by atoms with Crippen LogP contribution in [0, 0.1) is 6.92 Å². The molecule has 0 aliphatic heterocycles. The molecule has 0 radical (unpaired) electrons. The molecule has 1 N–H and O–H groups in total. The molecule has 186 valence electrons. The first kappa shape index (κ1) is 23.4. The van der Waals surface area contributed by atoms with Crippen LogP contribution < -0.4 is 4.74 Å². The molecule has 0 amide bonds. The zero-order valence-corrected chi connectivity index (χ0v) is 20.8. The molecule has 6 rings (SSSR count). The van der Waals surface area contributed by atoms with Crippen molar-refractivity contribution in [3.63, 3.8) is 0 Å². The highest BCUT2D eigenvalue weighted by Crippen LogP contribution is 2.45. The molecule has 37 heavy (non-hydrogen) atoms. The molecule has 0 atom stereocenters. The molecule has 4 aromatic rings. The Labute approximate surface area is 218 Å². The van der Waals surface area contributed by atoms with Crippen LogP contribution in [0.4, 0.5) is 0 Å². The van der Waals surface area contributed by atoms with Gasteiger partial charge in [0.25, 0.3) is 0 Å². The molecule has 2 heterocycles. The predicted molar refractivity (Wildman–Crippen MR) is 136 cm³/mol. The first-order valence-electron chi connectivity index (χ1n) is 12.2. The van der Waals surface area contributed by atoms with Gasteiger partial charge in [0.05, 0.1) is 16.1 Å². The van der Waals surface area contributed by atoms with Gasteiger partial charge in [0.1, 0.15) is 18.1 Å². The summed E-state index contributed by atoms with van der Waals surface area (Å²) in [6.45, 7) is 2.19. The second-order valence-electron chi connectivity index (χ2n) is 9.55. The van der Waals surface area contributed by atoms with E-state index < -0.39 is 5.97 Å². The molecule has 2 aliphatic rings. The van der Waals surface area contributed by atoms with E-state index in [1.165, 1.54) is 18.3 Å². The van der Waals surface area contributed by atoms with Gasteiger partial charge in [0.15, 0.2) is 5.78 Å². The second kappa shape index (κ2) is 9.16. The maximum absolute atomic E-state index is 13.2. The number of carboxylic acids is 1. The summed E-state index contributed by atoms with van der Waals surface area (Å²) in [5.41, 5.74) is 5.98. The third-order valence-corrected chi connectivity index (χ3v) is 7.38. The number of fused-ring (bicyclic) bond motifs is 2. The van der Waals surface area contributed by atoms with Crippen LogP contribution in [0.1, 0.15) is 73.1 Å². The van der Waals surface area contributed by atoms with E-state index in [0.717, 1.165) is 46.4 Å². The lowest BCUT2D eigenvalue weighted by Crippen LogP contribution is -2.08. The van der Waals surface area contributed by atoms with Gasteiger partial charge in [-0.1, -0.05) is 35.0 Å². The summed E-state index contributed by atoms with van der Waals surface area (Å²) in [6, 6.07) is 12.2. The maximum Gasteiger partial charge on any atom is 0.335 e. The van der Waals surface area contributed by atoms with Crippen LogP contribution in [0.2, 0.25) is 5.02 Å². The molecule has 1 fully saturated rings. The Morgan fingerprint density at radius 2 is 1.95 bits per heavy atom. The number of carbonyl (C=O) groups excluding carboxylic acids is 1. The van der Waals surface area contributed by atoms with Crippen LogP contribution in [-0.4, -0.2) is 27.0 Å². The fourth-order valence-corrected chi connectivity index (χ4v) is 5.23. The van der Waals surface area contributed by atoms with Gasteiger partial charge >= 0.3 is 5.97 Å². The monoisotopic (exact) mass is 514 g/mol. The summed E-state index contributed by atoms with van der Waals surface area (Å²) in [5, 5.41) is 14.3. The highest BCUT2D eigenvalue weighted by atomic mass is 35.5. The van der Waals surface area contributed by atoms with Crippen LogP contribution in [0.25, 0.3) is 11.3 Å². The number of rotatable bonds is 6. The van der Waals surface area contributed by atoms with Gasteiger partial charge in [-0.05, 0) is 67.5 Å². The molecule has 7 nitrogen and oxygen atoms in total. The Bertz CT molecular complexity index is 1550. The molecular weight excluding hydrogens is 492 g/mol. The Morgan fingerprint density at radius 3 is 2.70 bits per heavy atom. The van der Waals surface area contributed by atoms with Crippen molar-refractivity contribution in [1.82, 2.24) is 10.1 Å². The van der Waals surface area contributed by atoms with E-state index in [-0.39, 0.29) is 18.0 Å². The molecule has 0 saturated heterocycles. The first-order chi connectivity index (χ1) is 17.9. The molecule has 2 aromatic heterocycles. The van der Waals surface area contributed by atoms with E-state index in [1.807, 2.05) is 25.1 Å². The van der Waals surface area contributed by atoms with Gasteiger partial charge in [-0.15, -0.1) is 0 Å². The van der Waals surface area contributed by atoms with Crippen LogP contribution in [0.3, 0.4) is 0 Å². The molecular formula is C29H23ClN2O5. The normalized spacial score (nSPS) is 14.6. The molecule has 0 unspecified atom stereocenters. The van der Waals surface area contributed by atoms with E-state index in [9.17, 15) is 14.7 Å². The van der Waals surface area contributed by atoms with Crippen LogP contribution >= 0.6 is 11.6 Å². The van der Waals surface area contributed by atoms with Crippen molar-refractivity contribution in [2.24, 2.45) is 0 Å². The van der Waals surface area contributed by atoms with Gasteiger partial charge in [-0.25, -0.2) is 9.78 Å². The van der Waals surface area contributed by atoms with Gasteiger partial charge < -0.3 is 14.4 Å². The number of nitrogens with zero attached hydrogens (tertiary/aromatic N) is 2. The van der Waals surface area contributed by atoms with Gasteiger partial charge in [-0.2, -0.15) is 0 Å². The number of benzene rings is 2. The van der Waals surface area contributed by atoms with Crippen LogP contribution in [0.5, 0.6) is 5.88 Å². The molecule has 0 bridgehead atoms. The minimum Gasteiger partial charge on any atom is -0.478 e. The maximum atomic E-state index is 13.2. The third kappa shape index (κ3) is 4.29. The summed E-state index contributed by atoms with van der Waals surface area (Å²) >= 11 is 6.53. The van der Waals surface area contributed by atoms with Crippen molar-refractivity contribution in [1.29, 1.82) is 0 Å². The first-order valence-corrected chi connectivity index (χ1v) is 12.5. The summed E-state index contributed by atoms with van der Waals surface area (Å²) in [4.78, 5) is 29.1. The largest absolute Gasteiger partial charge is 0.478 e. The number of aromatic nitrogens is 2. The number of pyridine rings is 1. The smallest absolute Gasteiger partial charge is 0.335 e. The van der Waals surface area contributed by atoms with Crippen LogP contribution in [-0.2, 0) is 19.4 Å². The molecule has 2 aliphatic carbocycles. The SMILES string of the molecule is Cc1cccc(Cl)c1-c1noc(C2CC2)c1COc1cc2c(cn1)C(=O)c1cc(C(=O)O)ccc1CC2.